The number of Topliss-reactive ketones (excluding diaryl/α,β-unsaturated/α-hetero) is 1. The number of carbonyl (C=O) groups is 2. The van der Waals surface area contributed by atoms with Crippen molar-refractivity contribution in [1.29, 1.82) is 0 Å². The first-order valence-corrected chi connectivity index (χ1v) is 7.63. The molecule has 0 radical (unpaired) electrons. The van der Waals surface area contributed by atoms with Crippen molar-refractivity contribution in [3.63, 3.8) is 0 Å². The Bertz CT molecular complexity index is 722. The molecule has 2 aromatic rings. The Hall–Kier alpha value is -1.94. The Labute approximate surface area is 131 Å². The molecule has 0 aromatic heterocycles. The van der Waals surface area contributed by atoms with Gasteiger partial charge in [-0.2, -0.15) is 0 Å². The second kappa shape index (κ2) is 5.45. The predicted molar refractivity (Wildman–Crippen MR) is 85.5 cm³/mol. The molecule has 0 aliphatic carbocycles. The number of aryl methyl sites for hydroxylation is 1. The average molecular weight is 344 g/mol. The number of ketones is 1. The SMILES string of the molecule is CCc1ccc2c(c1)C(=O)C(=O)N2Cc1ccc(Br)cc1. The molecule has 0 fully saturated rings. The zero-order valence-electron chi connectivity index (χ0n) is 11.6. The lowest BCUT2D eigenvalue weighted by atomic mass is 10.1. The summed E-state index contributed by atoms with van der Waals surface area (Å²) in [6.45, 7) is 2.44. The van der Waals surface area contributed by atoms with Crippen LogP contribution < -0.4 is 4.90 Å². The first-order valence-electron chi connectivity index (χ1n) is 6.83. The van der Waals surface area contributed by atoms with Gasteiger partial charge in [0.1, 0.15) is 0 Å². The molecule has 4 heteroatoms. The molecule has 3 nitrogen and oxygen atoms in total. The first kappa shape index (κ1) is 14.0. The van der Waals surface area contributed by atoms with Crippen LogP contribution in [0.1, 0.15) is 28.4 Å². The molecule has 0 bridgehead atoms. The van der Waals surface area contributed by atoms with Gasteiger partial charge in [-0.05, 0) is 41.8 Å². The minimum atomic E-state index is -0.443. The van der Waals surface area contributed by atoms with E-state index in [9.17, 15) is 9.59 Å². The third-order valence-corrected chi connectivity index (χ3v) is 4.23. The van der Waals surface area contributed by atoms with Crippen LogP contribution in [0.15, 0.2) is 46.9 Å². The summed E-state index contributed by atoms with van der Waals surface area (Å²) in [5.41, 5.74) is 3.30. The highest BCUT2D eigenvalue weighted by atomic mass is 79.9. The maximum atomic E-state index is 12.2. The lowest BCUT2D eigenvalue weighted by Crippen LogP contribution is -2.29. The van der Waals surface area contributed by atoms with Gasteiger partial charge in [0.25, 0.3) is 11.7 Å². The van der Waals surface area contributed by atoms with Gasteiger partial charge in [0.15, 0.2) is 0 Å². The number of hydrogen-bond acceptors (Lipinski definition) is 2. The Balaban J connectivity index is 1.96. The summed E-state index contributed by atoms with van der Waals surface area (Å²) in [7, 11) is 0. The molecular weight excluding hydrogens is 330 g/mol. The molecular formula is C17H14BrNO2. The van der Waals surface area contributed by atoms with Crippen molar-refractivity contribution in [2.75, 3.05) is 4.90 Å². The summed E-state index contributed by atoms with van der Waals surface area (Å²) in [5, 5.41) is 0. The van der Waals surface area contributed by atoms with E-state index in [1.807, 2.05) is 49.4 Å². The monoisotopic (exact) mass is 343 g/mol. The van der Waals surface area contributed by atoms with Crippen LogP contribution in [0.5, 0.6) is 0 Å². The molecule has 0 atom stereocenters. The quantitative estimate of drug-likeness (QED) is 0.796. The van der Waals surface area contributed by atoms with Gasteiger partial charge in [-0.15, -0.1) is 0 Å². The molecule has 0 N–H and O–H groups in total. The van der Waals surface area contributed by atoms with E-state index in [2.05, 4.69) is 15.9 Å². The van der Waals surface area contributed by atoms with Gasteiger partial charge >= 0.3 is 0 Å². The molecule has 106 valence electrons. The van der Waals surface area contributed by atoms with E-state index in [0.717, 1.165) is 22.0 Å². The predicted octanol–water partition coefficient (Wildman–Crippen LogP) is 3.74. The fourth-order valence-corrected chi connectivity index (χ4v) is 2.76. The Morgan fingerprint density at radius 3 is 2.33 bits per heavy atom. The van der Waals surface area contributed by atoms with Crippen molar-refractivity contribution < 1.29 is 9.59 Å². The second-order valence-electron chi connectivity index (χ2n) is 5.05. The minimum absolute atomic E-state index is 0.405. The van der Waals surface area contributed by atoms with Gasteiger partial charge in [0, 0.05) is 4.47 Å². The maximum absolute atomic E-state index is 12.2. The van der Waals surface area contributed by atoms with Crippen molar-refractivity contribution in [3.8, 4) is 0 Å². The van der Waals surface area contributed by atoms with Crippen LogP contribution in [-0.2, 0) is 17.8 Å². The molecule has 1 aliphatic heterocycles. The lowest BCUT2D eigenvalue weighted by Gasteiger charge is -2.16. The van der Waals surface area contributed by atoms with E-state index in [4.69, 9.17) is 0 Å². The fraction of sp³-hybridized carbons (Fsp3) is 0.176. The van der Waals surface area contributed by atoms with E-state index in [1.54, 1.807) is 4.90 Å². The van der Waals surface area contributed by atoms with Gasteiger partial charge in [-0.3, -0.25) is 9.59 Å². The zero-order valence-corrected chi connectivity index (χ0v) is 13.2. The molecule has 0 saturated carbocycles. The molecule has 0 saturated heterocycles. The molecule has 1 amide bonds. The summed E-state index contributed by atoms with van der Waals surface area (Å²) in [6, 6.07) is 13.4. The van der Waals surface area contributed by atoms with Crippen molar-refractivity contribution in [3.05, 3.63) is 63.6 Å². The number of rotatable bonds is 3. The van der Waals surface area contributed by atoms with Crippen LogP contribution >= 0.6 is 15.9 Å². The Morgan fingerprint density at radius 1 is 1.00 bits per heavy atom. The van der Waals surface area contributed by atoms with Crippen molar-refractivity contribution >= 4 is 33.3 Å². The Morgan fingerprint density at radius 2 is 1.67 bits per heavy atom. The van der Waals surface area contributed by atoms with E-state index in [0.29, 0.717) is 17.8 Å². The van der Waals surface area contributed by atoms with Gasteiger partial charge in [-0.1, -0.05) is 41.1 Å². The van der Waals surface area contributed by atoms with Crippen molar-refractivity contribution in [2.45, 2.75) is 19.9 Å². The van der Waals surface area contributed by atoms with Gasteiger partial charge in [-0.25, -0.2) is 0 Å². The fourth-order valence-electron chi connectivity index (χ4n) is 2.50. The number of nitrogens with zero attached hydrogens (tertiary/aromatic N) is 1. The molecule has 1 heterocycles. The maximum Gasteiger partial charge on any atom is 0.299 e. The third kappa shape index (κ3) is 2.51. The van der Waals surface area contributed by atoms with E-state index in [-0.39, 0.29) is 0 Å². The number of hydrogen-bond donors (Lipinski definition) is 0. The van der Waals surface area contributed by atoms with Crippen LogP contribution in [0, 0.1) is 0 Å². The number of halogens is 1. The van der Waals surface area contributed by atoms with Crippen molar-refractivity contribution in [2.24, 2.45) is 0 Å². The molecule has 2 aromatic carbocycles. The van der Waals surface area contributed by atoms with Gasteiger partial charge < -0.3 is 4.90 Å². The number of carbonyl (C=O) groups excluding carboxylic acids is 2. The largest absolute Gasteiger partial charge is 0.300 e. The summed E-state index contributed by atoms with van der Waals surface area (Å²) in [4.78, 5) is 25.9. The minimum Gasteiger partial charge on any atom is -0.300 e. The second-order valence-corrected chi connectivity index (χ2v) is 5.97. The third-order valence-electron chi connectivity index (χ3n) is 3.70. The average Bonchev–Trinajstić information content (AvgIpc) is 2.74. The van der Waals surface area contributed by atoms with Crippen LogP contribution in [0.3, 0.4) is 0 Å². The normalized spacial score (nSPS) is 13.7. The summed E-state index contributed by atoms with van der Waals surface area (Å²) in [6.07, 6.45) is 0.849. The lowest BCUT2D eigenvalue weighted by molar-refractivity contribution is -0.114. The molecule has 3 rings (SSSR count). The highest BCUT2D eigenvalue weighted by Crippen LogP contribution is 2.31. The zero-order chi connectivity index (χ0) is 15.0. The van der Waals surface area contributed by atoms with Gasteiger partial charge in [0.2, 0.25) is 0 Å². The highest BCUT2D eigenvalue weighted by Gasteiger charge is 2.35. The summed E-state index contributed by atoms with van der Waals surface area (Å²) < 4.78 is 0.989. The topological polar surface area (TPSA) is 37.4 Å². The van der Waals surface area contributed by atoms with Crippen LogP contribution in [0.2, 0.25) is 0 Å². The van der Waals surface area contributed by atoms with E-state index >= 15 is 0 Å². The van der Waals surface area contributed by atoms with Crippen molar-refractivity contribution in [1.82, 2.24) is 0 Å². The number of fused-ring (bicyclic) bond motifs is 1. The van der Waals surface area contributed by atoms with Crippen LogP contribution in [0.4, 0.5) is 5.69 Å². The van der Waals surface area contributed by atoms with Gasteiger partial charge in [0.05, 0.1) is 17.8 Å². The standard InChI is InChI=1S/C17H14BrNO2/c1-2-11-5-8-15-14(9-11)16(20)17(21)19(15)10-12-3-6-13(18)7-4-12/h3-9H,2,10H2,1H3. The van der Waals surface area contributed by atoms with E-state index < -0.39 is 11.7 Å². The number of benzene rings is 2. The summed E-state index contributed by atoms with van der Waals surface area (Å²) in [5.74, 6) is -0.849. The molecule has 0 unspecified atom stereocenters. The smallest absolute Gasteiger partial charge is 0.299 e. The van der Waals surface area contributed by atoms with Crippen LogP contribution in [0.25, 0.3) is 0 Å². The van der Waals surface area contributed by atoms with Crippen LogP contribution in [-0.4, -0.2) is 11.7 Å². The molecule has 0 spiro atoms. The molecule has 1 aliphatic rings. The number of anilines is 1. The Kier molecular flexibility index (Phi) is 3.64. The van der Waals surface area contributed by atoms with E-state index in [1.165, 1.54) is 0 Å². The number of amides is 1. The summed E-state index contributed by atoms with van der Waals surface area (Å²) >= 11 is 3.39. The highest BCUT2D eigenvalue weighted by molar-refractivity contribution is 9.10. The molecule has 21 heavy (non-hydrogen) atoms. The first-order chi connectivity index (χ1) is 10.1.